The average Bonchev–Trinajstić information content (AvgIpc) is 2.81. The van der Waals surface area contributed by atoms with Gasteiger partial charge in [-0.05, 0) is 67.1 Å². The fraction of sp³-hybridized carbons (Fsp3) is 0.0417. The summed E-state index contributed by atoms with van der Waals surface area (Å²) in [6.45, 7) is 1.60. The highest BCUT2D eigenvalue weighted by atomic mass is 35.5. The number of carbonyl (C=O) groups is 3. The average molecular weight is 600 g/mol. The number of carbonyl (C=O) groups excluding carboxylic acids is 3. The second-order valence-corrected chi connectivity index (χ2v) is 10.9. The van der Waals surface area contributed by atoms with Crippen molar-refractivity contribution in [2.75, 3.05) is 4.90 Å². The highest BCUT2D eigenvalue weighted by Gasteiger charge is 2.38. The van der Waals surface area contributed by atoms with Gasteiger partial charge in [0.1, 0.15) is 10.5 Å². The lowest BCUT2D eigenvalue weighted by molar-refractivity contribution is -0.122. The zero-order valence-corrected chi connectivity index (χ0v) is 22.4. The van der Waals surface area contributed by atoms with Crippen LogP contribution in [-0.2, 0) is 19.7 Å². The van der Waals surface area contributed by atoms with E-state index >= 15 is 0 Å². The second-order valence-electron chi connectivity index (χ2n) is 7.64. The molecule has 0 saturated carbocycles. The van der Waals surface area contributed by atoms with Gasteiger partial charge < -0.3 is 4.18 Å². The molecule has 1 aliphatic heterocycles. The third kappa shape index (κ3) is 5.46. The van der Waals surface area contributed by atoms with Crippen molar-refractivity contribution in [1.29, 1.82) is 0 Å². The summed E-state index contributed by atoms with van der Waals surface area (Å²) < 4.78 is 31.0. The van der Waals surface area contributed by atoms with Crippen molar-refractivity contribution in [2.45, 2.75) is 11.8 Å². The number of benzene rings is 3. The summed E-state index contributed by atoms with van der Waals surface area (Å²) in [5.41, 5.74) is -0.0405. The van der Waals surface area contributed by atoms with Crippen molar-refractivity contribution in [3.8, 4) is 5.75 Å². The van der Waals surface area contributed by atoms with Crippen LogP contribution >= 0.6 is 46.4 Å². The Morgan fingerprint density at radius 3 is 2.24 bits per heavy atom. The lowest BCUT2D eigenvalue weighted by Gasteiger charge is -2.28. The molecule has 4 rings (SSSR count). The molecule has 0 bridgehead atoms. The Kier molecular flexibility index (Phi) is 7.55. The van der Waals surface area contributed by atoms with E-state index in [4.69, 9.17) is 50.6 Å². The maximum absolute atomic E-state index is 13.3. The van der Waals surface area contributed by atoms with Crippen LogP contribution in [0.5, 0.6) is 5.75 Å². The van der Waals surface area contributed by atoms with E-state index in [1.807, 2.05) is 0 Å². The molecule has 3 aromatic carbocycles. The van der Waals surface area contributed by atoms with E-state index in [-0.39, 0.29) is 26.2 Å². The number of imide groups is 2. The number of hydrogen-bond donors (Lipinski definition) is 1. The molecule has 0 atom stereocenters. The Hall–Kier alpha value is -3.08. The lowest BCUT2D eigenvalue weighted by Crippen LogP contribution is -2.54. The van der Waals surface area contributed by atoms with E-state index in [1.54, 1.807) is 13.0 Å². The van der Waals surface area contributed by atoms with Crippen molar-refractivity contribution >= 4 is 86.1 Å². The molecule has 1 aliphatic rings. The van der Waals surface area contributed by atoms with Gasteiger partial charge in [-0.1, -0.05) is 52.5 Å². The molecule has 1 saturated heterocycles. The number of nitrogens with one attached hydrogen (secondary N) is 1. The third-order valence-electron chi connectivity index (χ3n) is 5.21. The van der Waals surface area contributed by atoms with Crippen molar-refractivity contribution in [2.24, 2.45) is 0 Å². The van der Waals surface area contributed by atoms with E-state index in [1.165, 1.54) is 48.5 Å². The summed E-state index contributed by atoms with van der Waals surface area (Å²) in [4.78, 5) is 39.1. The summed E-state index contributed by atoms with van der Waals surface area (Å²) >= 11 is 24.3. The quantitative estimate of drug-likeness (QED) is 0.217. The van der Waals surface area contributed by atoms with Gasteiger partial charge in [-0.2, -0.15) is 8.42 Å². The summed E-state index contributed by atoms with van der Waals surface area (Å²) in [6.07, 6.45) is 1.03. The summed E-state index contributed by atoms with van der Waals surface area (Å²) in [5, 5.41) is 2.54. The zero-order valence-electron chi connectivity index (χ0n) is 18.6. The molecular weight excluding hydrogens is 586 g/mol. The van der Waals surface area contributed by atoms with Gasteiger partial charge in [0.05, 0.1) is 10.7 Å². The minimum Gasteiger partial charge on any atom is -0.377 e. The summed E-state index contributed by atoms with van der Waals surface area (Å²) in [5.74, 6) is -2.40. The fourth-order valence-corrected chi connectivity index (χ4v) is 5.26. The number of hydrogen-bond acceptors (Lipinski definition) is 6. The zero-order chi connectivity index (χ0) is 27.1. The fourth-order valence-electron chi connectivity index (χ4n) is 3.40. The minimum absolute atomic E-state index is 0.0652. The molecule has 13 heteroatoms. The summed E-state index contributed by atoms with van der Waals surface area (Å²) in [6, 6.07) is 11.3. The standard InChI is InChI=1S/C24H14Cl4N2O6S/c1-12-18(27)3-2-4-20(12)30-23(32)17(22(31)29-24(30)33)10-13-9-15(26)11-19(28)21(13)36-37(34,35)16-7-5-14(25)6-8-16/h2-11H,1H3,(H,29,31,33)/b17-10+. The second kappa shape index (κ2) is 10.4. The normalized spacial score (nSPS) is 15.2. The first-order chi connectivity index (χ1) is 17.4. The minimum atomic E-state index is -4.41. The molecule has 1 heterocycles. The first-order valence-corrected chi connectivity index (χ1v) is 13.2. The largest absolute Gasteiger partial charge is 0.377 e. The van der Waals surface area contributed by atoms with Crippen LogP contribution in [0.4, 0.5) is 10.5 Å². The highest BCUT2D eigenvalue weighted by molar-refractivity contribution is 7.87. The number of urea groups is 1. The van der Waals surface area contributed by atoms with Gasteiger partial charge >= 0.3 is 16.1 Å². The van der Waals surface area contributed by atoms with Crippen LogP contribution in [0.3, 0.4) is 0 Å². The van der Waals surface area contributed by atoms with Gasteiger partial charge in [0, 0.05) is 20.6 Å². The SMILES string of the molecule is Cc1c(Cl)cccc1N1C(=O)NC(=O)/C(=C\c2cc(Cl)cc(Cl)c2OS(=O)(=O)c2ccc(Cl)cc2)C1=O. The maximum Gasteiger partial charge on any atom is 0.339 e. The van der Waals surface area contributed by atoms with Gasteiger partial charge in [0.15, 0.2) is 5.75 Å². The van der Waals surface area contributed by atoms with Crippen molar-refractivity contribution in [3.63, 3.8) is 0 Å². The monoisotopic (exact) mass is 598 g/mol. The molecule has 0 aliphatic carbocycles. The van der Waals surface area contributed by atoms with E-state index in [9.17, 15) is 22.8 Å². The maximum atomic E-state index is 13.3. The molecule has 1 N–H and O–H groups in total. The van der Waals surface area contributed by atoms with Crippen LogP contribution in [0.1, 0.15) is 11.1 Å². The van der Waals surface area contributed by atoms with Crippen molar-refractivity contribution in [3.05, 3.63) is 91.4 Å². The molecule has 0 aromatic heterocycles. The topological polar surface area (TPSA) is 110 Å². The number of halogens is 4. The molecule has 8 nitrogen and oxygen atoms in total. The Balaban J connectivity index is 1.81. The van der Waals surface area contributed by atoms with Gasteiger partial charge in [-0.25, -0.2) is 9.69 Å². The van der Waals surface area contributed by atoms with Crippen LogP contribution in [0.2, 0.25) is 20.1 Å². The predicted octanol–water partition coefficient (Wildman–Crippen LogP) is 6.04. The molecule has 0 unspecified atom stereocenters. The van der Waals surface area contributed by atoms with Crippen LogP contribution < -0.4 is 14.4 Å². The van der Waals surface area contributed by atoms with Gasteiger partial charge in [-0.3, -0.25) is 14.9 Å². The van der Waals surface area contributed by atoms with Gasteiger partial charge in [0.2, 0.25) is 0 Å². The van der Waals surface area contributed by atoms with E-state index in [0.717, 1.165) is 11.0 Å². The number of anilines is 1. The Morgan fingerprint density at radius 2 is 1.57 bits per heavy atom. The van der Waals surface area contributed by atoms with Crippen LogP contribution in [0.25, 0.3) is 6.08 Å². The van der Waals surface area contributed by atoms with E-state index in [0.29, 0.717) is 15.6 Å². The van der Waals surface area contributed by atoms with Crippen LogP contribution in [0.15, 0.2) is 65.1 Å². The van der Waals surface area contributed by atoms with E-state index < -0.39 is 39.3 Å². The number of nitrogens with zero attached hydrogens (tertiary/aromatic N) is 1. The first kappa shape index (κ1) is 27.0. The molecule has 0 spiro atoms. The Labute approximate surface area is 231 Å². The van der Waals surface area contributed by atoms with Gasteiger partial charge in [-0.15, -0.1) is 0 Å². The van der Waals surface area contributed by atoms with E-state index in [2.05, 4.69) is 5.32 Å². The predicted molar refractivity (Wildman–Crippen MR) is 141 cm³/mol. The lowest BCUT2D eigenvalue weighted by atomic mass is 10.0. The van der Waals surface area contributed by atoms with Crippen LogP contribution in [-0.4, -0.2) is 26.3 Å². The van der Waals surface area contributed by atoms with Crippen LogP contribution in [0, 0.1) is 6.92 Å². The molecule has 3 aromatic rings. The smallest absolute Gasteiger partial charge is 0.339 e. The third-order valence-corrected chi connectivity index (χ3v) is 7.61. The molecule has 190 valence electrons. The molecule has 1 fully saturated rings. The first-order valence-electron chi connectivity index (χ1n) is 10.2. The highest BCUT2D eigenvalue weighted by Crippen LogP contribution is 2.37. The molecule has 37 heavy (non-hydrogen) atoms. The Bertz CT molecular complexity index is 1600. The number of amides is 4. The summed E-state index contributed by atoms with van der Waals surface area (Å²) in [7, 11) is -4.41. The molecule has 4 amide bonds. The van der Waals surface area contributed by atoms with Gasteiger partial charge in [0.25, 0.3) is 11.8 Å². The number of rotatable bonds is 5. The van der Waals surface area contributed by atoms with Crippen molar-refractivity contribution in [1.82, 2.24) is 5.32 Å². The molecular formula is C24H14Cl4N2O6S. The Morgan fingerprint density at radius 1 is 0.892 bits per heavy atom. The number of barbiturate groups is 1. The van der Waals surface area contributed by atoms with Crippen molar-refractivity contribution < 1.29 is 27.0 Å². The molecule has 0 radical (unpaired) electrons.